The van der Waals surface area contributed by atoms with Crippen molar-refractivity contribution >= 4 is 23.1 Å². The number of nitrogens with one attached hydrogen (secondary N) is 2. The zero-order chi connectivity index (χ0) is 18.4. The maximum absolute atomic E-state index is 12.1. The fraction of sp³-hybridized carbons (Fsp3) is 0.150. The molecular formula is C20H20N4O2. The van der Waals surface area contributed by atoms with Gasteiger partial charge < -0.3 is 15.4 Å². The van der Waals surface area contributed by atoms with E-state index in [4.69, 9.17) is 4.74 Å². The van der Waals surface area contributed by atoms with Crippen LogP contribution >= 0.6 is 0 Å². The number of carbonyl (C=O) groups is 1. The quantitative estimate of drug-likeness (QED) is 0.696. The number of hydrogen-bond acceptors (Lipinski definition) is 5. The summed E-state index contributed by atoms with van der Waals surface area (Å²) in [7, 11) is 0. The monoisotopic (exact) mass is 348 g/mol. The second-order valence-corrected chi connectivity index (χ2v) is 5.92. The van der Waals surface area contributed by atoms with Gasteiger partial charge in [-0.3, -0.25) is 9.78 Å². The van der Waals surface area contributed by atoms with E-state index < -0.39 is 0 Å². The molecule has 3 rings (SSSR count). The van der Waals surface area contributed by atoms with Gasteiger partial charge in [-0.25, -0.2) is 4.98 Å². The van der Waals surface area contributed by atoms with Crippen molar-refractivity contribution < 1.29 is 9.53 Å². The second kappa shape index (κ2) is 8.11. The highest BCUT2D eigenvalue weighted by molar-refractivity contribution is 6.03. The highest BCUT2D eigenvalue weighted by Gasteiger charge is 2.08. The van der Waals surface area contributed by atoms with Gasteiger partial charge in [0.25, 0.3) is 5.91 Å². The number of anilines is 3. The predicted molar refractivity (Wildman–Crippen MR) is 102 cm³/mol. The van der Waals surface area contributed by atoms with Crippen molar-refractivity contribution in [2.24, 2.45) is 0 Å². The van der Waals surface area contributed by atoms with Crippen LogP contribution in [0.25, 0.3) is 0 Å². The Bertz CT molecular complexity index is 864. The topological polar surface area (TPSA) is 76.1 Å². The molecule has 132 valence electrons. The zero-order valence-electron chi connectivity index (χ0n) is 14.6. The lowest BCUT2D eigenvalue weighted by atomic mass is 10.2. The number of aromatic nitrogens is 2. The molecule has 0 radical (unpaired) electrons. The summed E-state index contributed by atoms with van der Waals surface area (Å²) in [5.74, 6) is 0.995. The Morgan fingerprint density at radius 3 is 2.58 bits per heavy atom. The molecule has 0 saturated carbocycles. The van der Waals surface area contributed by atoms with E-state index in [1.807, 2.05) is 44.2 Å². The van der Waals surface area contributed by atoms with Gasteiger partial charge in [0.15, 0.2) is 0 Å². The van der Waals surface area contributed by atoms with Crippen LogP contribution in [0, 0.1) is 0 Å². The summed E-state index contributed by atoms with van der Waals surface area (Å²) in [5, 5.41) is 6.02. The maximum Gasteiger partial charge on any atom is 0.258 e. The first-order chi connectivity index (χ1) is 12.6. The van der Waals surface area contributed by atoms with E-state index in [0.717, 1.165) is 17.1 Å². The van der Waals surface area contributed by atoms with Crippen LogP contribution in [-0.2, 0) is 0 Å². The smallest absolute Gasteiger partial charge is 0.258 e. The third-order valence-corrected chi connectivity index (χ3v) is 3.46. The van der Waals surface area contributed by atoms with E-state index in [-0.39, 0.29) is 12.0 Å². The number of hydrogen-bond donors (Lipinski definition) is 2. The van der Waals surface area contributed by atoms with E-state index in [9.17, 15) is 4.79 Å². The standard InChI is InChI=1S/C20H20N4O2/c1-14(2)26-18-8-4-3-7-17(18)23-16-9-10-19(22-13-16)24-20(25)15-6-5-11-21-12-15/h3-14,23H,1-2H3,(H,22,24,25). The molecular weight excluding hydrogens is 328 g/mol. The molecule has 3 aromatic rings. The van der Waals surface area contributed by atoms with Crippen LogP contribution in [-0.4, -0.2) is 22.0 Å². The summed E-state index contributed by atoms with van der Waals surface area (Å²) < 4.78 is 5.80. The lowest BCUT2D eigenvalue weighted by Crippen LogP contribution is -2.13. The Morgan fingerprint density at radius 1 is 1.04 bits per heavy atom. The van der Waals surface area contributed by atoms with Gasteiger partial charge in [0.05, 0.1) is 29.2 Å². The van der Waals surface area contributed by atoms with Crippen LogP contribution in [0.15, 0.2) is 67.1 Å². The number of carbonyl (C=O) groups excluding carboxylic acids is 1. The molecule has 0 unspecified atom stereocenters. The Morgan fingerprint density at radius 2 is 1.88 bits per heavy atom. The molecule has 26 heavy (non-hydrogen) atoms. The van der Waals surface area contributed by atoms with Gasteiger partial charge in [-0.05, 0) is 50.2 Å². The minimum atomic E-state index is -0.248. The van der Waals surface area contributed by atoms with Gasteiger partial charge in [-0.2, -0.15) is 0 Å². The zero-order valence-corrected chi connectivity index (χ0v) is 14.6. The Hall–Kier alpha value is -3.41. The van der Waals surface area contributed by atoms with Gasteiger partial charge in [0.1, 0.15) is 11.6 Å². The molecule has 0 aliphatic carbocycles. The van der Waals surface area contributed by atoms with Crippen molar-refractivity contribution in [3.63, 3.8) is 0 Å². The summed E-state index contributed by atoms with van der Waals surface area (Å²) >= 11 is 0. The van der Waals surface area contributed by atoms with E-state index in [2.05, 4.69) is 20.6 Å². The molecule has 0 bridgehead atoms. The minimum Gasteiger partial charge on any atom is -0.489 e. The van der Waals surface area contributed by atoms with Crippen molar-refractivity contribution in [3.05, 3.63) is 72.7 Å². The largest absolute Gasteiger partial charge is 0.489 e. The van der Waals surface area contributed by atoms with Gasteiger partial charge in [0.2, 0.25) is 0 Å². The average molecular weight is 348 g/mol. The third kappa shape index (κ3) is 4.57. The summed E-state index contributed by atoms with van der Waals surface area (Å²) in [5.41, 5.74) is 2.13. The van der Waals surface area contributed by atoms with Gasteiger partial charge in [-0.15, -0.1) is 0 Å². The van der Waals surface area contributed by atoms with Gasteiger partial charge >= 0.3 is 0 Å². The van der Waals surface area contributed by atoms with Crippen molar-refractivity contribution in [1.82, 2.24) is 9.97 Å². The molecule has 2 aromatic heterocycles. The average Bonchev–Trinajstić information content (AvgIpc) is 2.65. The maximum atomic E-state index is 12.1. The normalized spacial score (nSPS) is 10.4. The number of amides is 1. The molecule has 6 heteroatoms. The first kappa shape index (κ1) is 17.4. The number of pyridine rings is 2. The fourth-order valence-corrected chi connectivity index (χ4v) is 2.31. The van der Waals surface area contributed by atoms with Crippen molar-refractivity contribution in [2.75, 3.05) is 10.6 Å². The molecule has 1 amide bonds. The molecule has 0 saturated heterocycles. The van der Waals surface area contributed by atoms with E-state index in [1.54, 1.807) is 30.6 Å². The van der Waals surface area contributed by atoms with Crippen LogP contribution in [0.3, 0.4) is 0 Å². The summed E-state index contributed by atoms with van der Waals surface area (Å²) in [6.07, 6.45) is 4.87. The van der Waals surface area contributed by atoms with E-state index in [0.29, 0.717) is 11.4 Å². The molecule has 0 spiro atoms. The van der Waals surface area contributed by atoms with Crippen molar-refractivity contribution in [3.8, 4) is 5.75 Å². The van der Waals surface area contributed by atoms with Crippen LogP contribution in [0.2, 0.25) is 0 Å². The number of ether oxygens (including phenoxy) is 1. The Balaban J connectivity index is 1.68. The third-order valence-electron chi connectivity index (χ3n) is 3.46. The summed E-state index contributed by atoms with van der Waals surface area (Å²) in [4.78, 5) is 20.3. The number of nitrogens with zero attached hydrogens (tertiary/aromatic N) is 2. The van der Waals surface area contributed by atoms with Crippen LogP contribution in [0.4, 0.5) is 17.2 Å². The van der Waals surface area contributed by atoms with Crippen LogP contribution < -0.4 is 15.4 Å². The Labute approximate surface area is 152 Å². The molecule has 0 aliphatic rings. The van der Waals surface area contributed by atoms with Crippen LogP contribution in [0.5, 0.6) is 5.75 Å². The van der Waals surface area contributed by atoms with Crippen molar-refractivity contribution in [1.29, 1.82) is 0 Å². The number of para-hydroxylation sites is 2. The van der Waals surface area contributed by atoms with Crippen molar-refractivity contribution in [2.45, 2.75) is 20.0 Å². The molecule has 1 aromatic carbocycles. The van der Waals surface area contributed by atoms with Crippen LogP contribution in [0.1, 0.15) is 24.2 Å². The second-order valence-electron chi connectivity index (χ2n) is 5.92. The van der Waals surface area contributed by atoms with E-state index in [1.165, 1.54) is 6.20 Å². The van der Waals surface area contributed by atoms with Gasteiger partial charge in [0, 0.05) is 12.4 Å². The first-order valence-corrected chi connectivity index (χ1v) is 8.32. The fourth-order valence-electron chi connectivity index (χ4n) is 2.31. The lowest BCUT2D eigenvalue weighted by molar-refractivity contribution is 0.102. The molecule has 6 nitrogen and oxygen atoms in total. The summed E-state index contributed by atoms with van der Waals surface area (Å²) in [6, 6.07) is 14.7. The number of benzene rings is 1. The summed E-state index contributed by atoms with van der Waals surface area (Å²) in [6.45, 7) is 3.97. The molecule has 2 heterocycles. The van der Waals surface area contributed by atoms with Gasteiger partial charge in [-0.1, -0.05) is 12.1 Å². The first-order valence-electron chi connectivity index (χ1n) is 8.32. The highest BCUT2D eigenvalue weighted by Crippen LogP contribution is 2.28. The lowest BCUT2D eigenvalue weighted by Gasteiger charge is -2.15. The SMILES string of the molecule is CC(C)Oc1ccccc1Nc1ccc(NC(=O)c2cccnc2)nc1. The predicted octanol–water partition coefficient (Wildman–Crippen LogP) is 4.26. The molecule has 0 atom stereocenters. The molecule has 0 aliphatic heterocycles. The van der Waals surface area contributed by atoms with E-state index >= 15 is 0 Å². The molecule has 0 fully saturated rings. The Kier molecular flexibility index (Phi) is 5.43. The minimum absolute atomic E-state index is 0.0844. The highest BCUT2D eigenvalue weighted by atomic mass is 16.5. The number of rotatable bonds is 6. The molecule has 2 N–H and O–H groups in total.